The molecule has 0 radical (unpaired) electrons. The van der Waals surface area contributed by atoms with Crippen LogP contribution in [0, 0.1) is 17.6 Å². The van der Waals surface area contributed by atoms with Crippen molar-refractivity contribution in [3.63, 3.8) is 0 Å². The van der Waals surface area contributed by atoms with Crippen molar-refractivity contribution in [3.8, 4) is 0 Å². The molecule has 0 aromatic heterocycles. The van der Waals surface area contributed by atoms with Gasteiger partial charge in [-0.05, 0) is 30.9 Å². The first-order valence-electron chi connectivity index (χ1n) is 7.76. The van der Waals surface area contributed by atoms with E-state index in [-0.39, 0.29) is 16.6 Å². The molecule has 2 nitrogen and oxygen atoms in total. The van der Waals surface area contributed by atoms with Crippen molar-refractivity contribution in [2.24, 2.45) is 5.92 Å². The number of rotatable bonds is 3. The van der Waals surface area contributed by atoms with Gasteiger partial charge >= 0.3 is 0 Å². The zero-order valence-electron chi connectivity index (χ0n) is 12.0. The molecule has 1 saturated carbocycles. The highest BCUT2D eigenvalue weighted by atomic mass is 35.5. The van der Waals surface area contributed by atoms with Crippen LogP contribution in [0.3, 0.4) is 0 Å². The fourth-order valence-corrected chi connectivity index (χ4v) is 3.93. The third-order valence-electron chi connectivity index (χ3n) is 4.77. The molecule has 1 atom stereocenters. The van der Waals surface area contributed by atoms with E-state index >= 15 is 0 Å². The van der Waals surface area contributed by atoms with E-state index in [0.29, 0.717) is 5.92 Å². The van der Waals surface area contributed by atoms with Gasteiger partial charge in [-0.25, -0.2) is 8.78 Å². The van der Waals surface area contributed by atoms with Gasteiger partial charge in [0.05, 0.1) is 5.02 Å². The van der Waals surface area contributed by atoms with Gasteiger partial charge in [-0.2, -0.15) is 0 Å². The molecule has 0 bridgehead atoms. The van der Waals surface area contributed by atoms with E-state index in [2.05, 4.69) is 10.2 Å². The Balaban J connectivity index is 1.99. The molecule has 2 fully saturated rings. The van der Waals surface area contributed by atoms with Gasteiger partial charge < -0.3 is 5.32 Å². The number of hydrogen-bond acceptors (Lipinski definition) is 2. The van der Waals surface area contributed by atoms with Crippen molar-refractivity contribution in [1.29, 1.82) is 0 Å². The molecule has 2 aliphatic rings. The zero-order valence-corrected chi connectivity index (χ0v) is 12.8. The molecular weight excluding hydrogens is 294 g/mol. The largest absolute Gasteiger partial charge is 0.314 e. The smallest absolute Gasteiger partial charge is 0.149 e. The maximum atomic E-state index is 14.5. The van der Waals surface area contributed by atoms with E-state index in [1.807, 2.05) is 0 Å². The summed E-state index contributed by atoms with van der Waals surface area (Å²) in [6.07, 6.45) is 4.38. The molecule has 1 aromatic carbocycles. The Kier molecular flexibility index (Phi) is 4.77. The third-order valence-corrected chi connectivity index (χ3v) is 5.06. The Hall–Kier alpha value is -0.710. The van der Waals surface area contributed by atoms with Gasteiger partial charge in [0.25, 0.3) is 0 Å². The fraction of sp³-hybridized carbons (Fsp3) is 0.625. The molecule has 116 valence electrons. The van der Waals surface area contributed by atoms with Crippen molar-refractivity contribution in [2.45, 2.75) is 31.7 Å². The molecular formula is C16H21ClF2N2. The average Bonchev–Trinajstić information content (AvgIpc) is 3.02. The van der Waals surface area contributed by atoms with Crippen molar-refractivity contribution in [1.82, 2.24) is 10.2 Å². The van der Waals surface area contributed by atoms with Crippen LogP contribution in [0.25, 0.3) is 0 Å². The summed E-state index contributed by atoms with van der Waals surface area (Å²) in [6.45, 7) is 3.39. The highest BCUT2D eigenvalue weighted by Crippen LogP contribution is 2.42. The number of benzene rings is 1. The number of piperazine rings is 1. The maximum Gasteiger partial charge on any atom is 0.149 e. The Labute approximate surface area is 129 Å². The van der Waals surface area contributed by atoms with E-state index in [9.17, 15) is 8.78 Å². The van der Waals surface area contributed by atoms with Gasteiger partial charge in [-0.3, -0.25) is 4.90 Å². The summed E-state index contributed by atoms with van der Waals surface area (Å²) in [7, 11) is 0. The lowest BCUT2D eigenvalue weighted by Gasteiger charge is -2.39. The van der Waals surface area contributed by atoms with Crippen molar-refractivity contribution in [2.75, 3.05) is 26.2 Å². The predicted octanol–water partition coefficient (Wildman–Crippen LogP) is 3.75. The minimum absolute atomic E-state index is 0.0181. The molecule has 1 aromatic rings. The third kappa shape index (κ3) is 3.08. The molecule has 0 spiro atoms. The highest BCUT2D eigenvalue weighted by molar-refractivity contribution is 6.30. The minimum Gasteiger partial charge on any atom is -0.314 e. The molecule has 1 heterocycles. The first kappa shape index (κ1) is 15.2. The first-order chi connectivity index (χ1) is 10.2. The Bertz CT molecular complexity index is 497. The molecule has 1 saturated heterocycles. The van der Waals surface area contributed by atoms with E-state index in [1.54, 1.807) is 0 Å². The lowest BCUT2D eigenvalue weighted by Crippen LogP contribution is -2.47. The van der Waals surface area contributed by atoms with Gasteiger partial charge in [0, 0.05) is 37.8 Å². The van der Waals surface area contributed by atoms with Crippen molar-refractivity contribution < 1.29 is 8.78 Å². The molecule has 1 aliphatic heterocycles. The van der Waals surface area contributed by atoms with Crippen LogP contribution >= 0.6 is 11.6 Å². The van der Waals surface area contributed by atoms with Crippen molar-refractivity contribution >= 4 is 11.6 Å². The Morgan fingerprint density at radius 1 is 1.14 bits per heavy atom. The van der Waals surface area contributed by atoms with Gasteiger partial charge in [-0.1, -0.05) is 24.4 Å². The monoisotopic (exact) mass is 314 g/mol. The van der Waals surface area contributed by atoms with Crippen LogP contribution in [-0.4, -0.2) is 31.1 Å². The molecule has 5 heteroatoms. The molecule has 1 aliphatic carbocycles. The molecule has 3 rings (SSSR count). The number of nitrogens with one attached hydrogen (secondary N) is 1. The van der Waals surface area contributed by atoms with Gasteiger partial charge in [-0.15, -0.1) is 0 Å². The maximum absolute atomic E-state index is 14.5. The SMILES string of the molecule is Fc1ccc(Cl)c(F)c1[C@@H](C1CCCC1)N1CCNCC1. The van der Waals surface area contributed by atoms with Gasteiger partial charge in [0.15, 0.2) is 0 Å². The number of halogens is 3. The van der Waals surface area contributed by atoms with Crippen LogP contribution in [-0.2, 0) is 0 Å². The topological polar surface area (TPSA) is 15.3 Å². The van der Waals surface area contributed by atoms with Crippen LogP contribution in [0.15, 0.2) is 12.1 Å². The molecule has 21 heavy (non-hydrogen) atoms. The van der Waals surface area contributed by atoms with Crippen LogP contribution < -0.4 is 5.32 Å². The molecule has 0 unspecified atom stereocenters. The van der Waals surface area contributed by atoms with Crippen LogP contribution in [0.1, 0.15) is 37.3 Å². The number of hydrogen-bond donors (Lipinski definition) is 1. The quantitative estimate of drug-likeness (QED) is 0.855. The van der Waals surface area contributed by atoms with Gasteiger partial charge in [0.1, 0.15) is 11.6 Å². The van der Waals surface area contributed by atoms with Crippen LogP contribution in [0.2, 0.25) is 5.02 Å². The van der Waals surface area contributed by atoms with E-state index in [0.717, 1.165) is 51.9 Å². The summed E-state index contributed by atoms with van der Waals surface area (Å²) in [5, 5.41) is 3.32. The van der Waals surface area contributed by atoms with Gasteiger partial charge in [0.2, 0.25) is 0 Å². The predicted molar refractivity (Wildman–Crippen MR) is 80.5 cm³/mol. The second-order valence-electron chi connectivity index (χ2n) is 6.03. The van der Waals surface area contributed by atoms with Crippen LogP contribution in [0.4, 0.5) is 8.78 Å². The standard InChI is InChI=1S/C16H21ClF2N2/c17-12-5-6-13(18)14(15(12)19)16(11-3-1-2-4-11)21-9-7-20-8-10-21/h5-6,11,16,20H,1-4,7-10H2/t16-/m1/s1. The fourth-order valence-electron chi connectivity index (χ4n) is 3.76. The normalized spacial score (nSPS) is 22.6. The summed E-state index contributed by atoms with van der Waals surface area (Å²) in [5.74, 6) is -0.718. The summed E-state index contributed by atoms with van der Waals surface area (Å²) >= 11 is 5.90. The first-order valence-corrected chi connectivity index (χ1v) is 8.14. The summed E-state index contributed by atoms with van der Waals surface area (Å²) in [4.78, 5) is 2.23. The Morgan fingerprint density at radius 2 is 1.81 bits per heavy atom. The number of nitrogens with zero attached hydrogens (tertiary/aromatic N) is 1. The second kappa shape index (κ2) is 6.59. The lowest BCUT2D eigenvalue weighted by molar-refractivity contribution is 0.119. The summed E-state index contributed by atoms with van der Waals surface area (Å²) < 4.78 is 28.9. The average molecular weight is 315 g/mol. The van der Waals surface area contributed by atoms with E-state index in [4.69, 9.17) is 11.6 Å². The molecule has 0 amide bonds. The van der Waals surface area contributed by atoms with E-state index < -0.39 is 11.6 Å². The lowest BCUT2D eigenvalue weighted by atomic mass is 9.89. The van der Waals surface area contributed by atoms with Crippen LogP contribution in [0.5, 0.6) is 0 Å². The van der Waals surface area contributed by atoms with E-state index in [1.165, 1.54) is 12.1 Å². The highest BCUT2D eigenvalue weighted by Gasteiger charge is 2.35. The zero-order chi connectivity index (χ0) is 14.8. The summed E-state index contributed by atoms with van der Waals surface area (Å²) in [6, 6.07) is 2.41. The Morgan fingerprint density at radius 3 is 2.48 bits per heavy atom. The minimum atomic E-state index is -0.577. The second-order valence-corrected chi connectivity index (χ2v) is 6.44. The summed E-state index contributed by atoms with van der Waals surface area (Å²) in [5.41, 5.74) is 0.177. The molecule has 1 N–H and O–H groups in total. The van der Waals surface area contributed by atoms with Crippen molar-refractivity contribution in [3.05, 3.63) is 34.4 Å².